The Kier molecular flexibility index (Phi) is 7.34. The lowest BCUT2D eigenvalue weighted by molar-refractivity contribution is -0.127. The summed E-state index contributed by atoms with van der Waals surface area (Å²) in [4.78, 5) is 19.4. The van der Waals surface area contributed by atoms with Crippen molar-refractivity contribution >= 4 is 33.0 Å². The highest BCUT2D eigenvalue weighted by molar-refractivity contribution is 7.18. The largest absolute Gasteiger partial charge is 0.490 e. The zero-order chi connectivity index (χ0) is 31.2. The molecule has 10 nitrogen and oxygen atoms in total. The Hall–Kier alpha value is -5.01. The third-order valence-corrected chi connectivity index (χ3v) is 8.71. The minimum absolute atomic E-state index is 0.0288. The van der Waals surface area contributed by atoms with Crippen LogP contribution in [0.5, 0.6) is 5.75 Å². The lowest BCUT2D eigenvalue weighted by Gasteiger charge is -2.31. The normalized spacial score (nSPS) is 14.7. The number of nitrogens with zero attached hydrogens (tertiary/aromatic N) is 7. The second-order valence-corrected chi connectivity index (χ2v) is 11.6. The number of pyridine rings is 2. The van der Waals surface area contributed by atoms with E-state index in [1.165, 1.54) is 30.6 Å². The zero-order valence-electron chi connectivity index (χ0n) is 24.4. The van der Waals surface area contributed by atoms with Crippen LogP contribution in [0.4, 0.5) is 8.78 Å². The van der Waals surface area contributed by atoms with Gasteiger partial charge in [0.1, 0.15) is 41.7 Å². The van der Waals surface area contributed by atoms with Crippen molar-refractivity contribution in [2.75, 3.05) is 26.9 Å². The monoisotopic (exact) mass is 627 g/mol. The molecule has 0 spiro atoms. The van der Waals surface area contributed by atoms with E-state index < -0.39 is 11.6 Å². The third-order valence-electron chi connectivity index (χ3n) is 7.78. The number of hydrogen-bond donors (Lipinski definition) is 0. The molecule has 1 aliphatic heterocycles. The molecular formula is C32H27F2N7O3S. The molecule has 5 aromatic heterocycles. The molecule has 7 rings (SSSR count). The average Bonchev–Trinajstić information content (AvgIpc) is 3.80. The molecule has 1 atom stereocenters. The van der Waals surface area contributed by atoms with Gasteiger partial charge in [-0.2, -0.15) is 5.10 Å². The zero-order valence-corrected chi connectivity index (χ0v) is 25.2. The highest BCUT2D eigenvalue weighted by Gasteiger charge is 2.30. The molecule has 6 aromatic rings. The Balaban J connectivity index is 1.50. The summed E-state index contributed by atoms with van der Waals surface area (Å²) >= 11 is 1.41. The number of carbonyl (C=O) groups excluding carboxylic acids is 1. The Labute approximate surface area is 260 Å². The second kappa shape index (κ2) is 11.5. The van der Waals surface area contributed by atoms with E-state index in [1.54, 1.807) is 15.6 Å². The molecule has 1 aliphatic rings. The van der Waals surface area contributed by atoms with Crippen LogP contribution in [0.15, 0.2) is 67.0 Å². The van der Waals surface area contributed by atoms with E-state index in [4.69, 9.17) is 19.6 Å². The summed E-state index contributed by atoms with van der Waals surface area (Å²) in [5.74, 6) is -1.70. The Morgan fingerprint density at radius 1 is 1.16 bits per heavy atom. The van der Waals surface area contributed by atoms with E-state index in [0.717, 1.165) is 27.4 Å². The minimum atomic E-state index is -0.793. The molecule has 0 N–H and O–H groups in total. The molecule has 0 radical (unpaired) electrons. The van der Waals surface area contributed by atoms with Gasteiger partial charge in [0.25, 0.3) is 0 Å². The van der Waals surface area contributed by atoms with Crippen LogP contribution in [-0.4, -0.2) is 67.0 Å². The van der Waals surface area contributed by atoms with Crippen molar-refractivity contribution in [1.82, 2.24) is 34.3 Å². The van der Waals surface area contributed by atoms with Crippen molar-refractivity contribution in [2.24, 2.45) is 0 Å². The topological polar surface area (TPSA) is 99.7 Å². The van der Waals surface area contributed by atoms with Crippen LogP contribution >= 0.6 is 11.3 Å². The molecular weight excluding hydrogens is 600 g/mol. The molecule has 1 amide bonds. The van der Waals surface area contributed by atoms with Gasteiger partial charge in [0.15, 0.2) is 5.65 Å². The number of fused-ring (bicyclic) bond motifs is 3. The van der Waals surface area contributed by atoms with Gasteiger partial charge in [-0.05, 0) is 42.6 Å². The van der Waals surface area contributed by atoms with Gasteiger partial charge in [-0.15, -0.1) is 21.5 Å². The molecule has 0 bridgehead atoms. The van der Waals surface area contributed by atoms with E-state index in [1.807, 2.05) is 47.4 Å². The number of rotatable bonds is 8. The summed E-state index contributed by atoms with van der Waals surface area (Å²) in [6.45, 7) is 6.70. The molecule has 45 heavy (non-hydrogen) atoms. The fourth-order valence-electron chi connectivity index (χ4n) is 5.77. The van der Waals surface area contributed by atoms with Crippen molar-refractivity contribution in [1.29, 1.82) is 0 Å². The van der Waals surface area contributed by atoms with Gasteiger partial charge >= 0.3 is 0 Å². The first kappa shape index (κ1) is 28.7. The van der Waals surface area contributed by atoms with Gasteiger partial charge in [-0.3, -0.25) is 13.9 Å². The van der Waals surface area contributed by atoms with Crippen LogP contribution in [0, 0.1) is 11.6 Å². The number of methoxy groups -OCH3 is 1. The fourth-order valence-corrected chi connectivity index (χ4v) is 6.72. The van der Waals surface area contributed by atoms with Crippen LogP contribution in [-0.2, 0) is 16.1 Å². The number of benzene rings is 1. The highest BCUT2D eigenvalue weighted by Crippen LogP contribution is 2.47. The van der Waals surface area contributed by atoms with Crippen molar-refractivity contribution in [3.63, 3.8) is 0 Å². The quantitative estimate of drug-likeness (QED) is 0.152. The number of carbonyl (C=O) groups is 1. The van der Waals surface area contributed by atoms with Gasteiger partial charge in [0, 0.05) is 53.2 Å². The second-order valence-electron chi connectivity index (χ2n) is 10.7. The molecule has 0 saturated heterocycles. The number of aromatic nitrogens is 6. The van der Waals surface area contributed by atoms with Crippen molar-refractivity contribution in [3.8, 4) is 39.5 Å². The lowest BCUT2D eigenvalue weighted by Crippen LogP contribution is -2.39. The van der Waals surface area contributed by atoms with E-state index >= 15 is 4.39 Å². The molecule has 13 heteroatoms. The molecule has 228 valence electrons. The number of ether oxygens (including phenoxy) is 2. The first-order valence-electron chi connectivity index (χ1n) is 14.2. The van der Waals surface area contributed by atoms with Crippen molar-refractivity contribution in [3.05, 3.63) is 84.3 Å². The maximum Gasteiger partial charge on any atom is 0.246 e. The van der Waals surface area contributed by atoms with Gasteiger partial charge in [-0.1, -0.05) is 6.58 Å². The Morgan fingerprint density at radius 2 is 2.02 bits per heavy atom. The van der Waals surface area contributed by atoms with Gasteiger partial charge in [-0.25, -0.2) is 13.8 Å². The van der Waals surface area contributed by atoms with Gasteiger partial charge in [0.2, 0.25) is 5.91 Å². The fraction of sp³-hybridized carbons (Fsp3) is 0.219. The summed E-state index contributed by atoms with van der Waals surface area (Å²) in [7, 11) is 1.52. The molecule has 0 aliphatic carbocycles. The molecule has 1 aromatic carbocycles. The average molecular weight is 628 g/mol. The lowest BCUT2D eigenvalue weighted by atomic mass is 9.96. The van der Waals surface area contributed by atoms with E-state index in [2.05, 4.69) is 16.8 Å². The van der Waals surface area contributed by atoms with Gasteiger partial charge < -0.3 is 14.4 Å². The predicted molar refractivity (Wildman–Crippen MR) is 166 cm³/mol. The van der Waals surface area contributed by atoms with E-state index in [9.17, 15) is 9.18 Å². The highest BCUT2D eigenvalue weighted by atomic mass is 32.1. The first-order valence-corrected chi connectivity index (χ1v) is 15.1. The number of amides is 1. The standard InChI is InChI=1S/C32H27F2N7O3S/c1-4-27(42)39-14-18(2)41-21(16-39)13-24(38-41)31-29(28-23(34)11-20(33)12-25(28)44-9-8-43-3)32-22(7-10-45-32)30(36-31)19-5-6-26-37-35-17-40(26)15-19/h4-7,10-13,15,17-18H,1,8-9,14,16H2,2-3H3/t18-/m0/s1. The molecule has 0 fully saturated rings. The van der Waals surface area contributed by atoms with Crippen LogP contribution in [0.3, 0.4) is 0 Å². The van der Waals surface area contributed by atoms with Crippen LogP contribution in [0.25, 0.3) is 49.5 Å². The Morgan fingerprint density at radius 3 is 2.84 bits per heavy atom. The molecule has 0 saturated carbocycles. The molecule has 6 heterocycles. The summed E-state index contributed by atoms with van der Waals surface area (Å²) in [5.41, 5.74) is 4.28. The molecule has 0 unspecified atom stereocenters. The summed E-state index contributed by atoms with van der Waals surface area (Å²) in [5, 5.41) is 15.7. The van der Waals surface area contributed by atoms with Crippen molar-refractivity contribution in [2.45, 2.75) is 19.5 Å². The first-order chi connectivity index (χ1) is 21.9. The van der Waals surface area contributed by atoms with Crippen molar-refractivity contribution < 1.29 is 23.0 Å². The maximum absolute atomic E-state index is 16.0. The predicted octanol–water partition coefficient (Wildman–Crippen LogP) is 5.93. The summed E-state index contributed by atoms with van der Waals surface area (Å²) in [6, 6.07) is 9.43. The van der Waals surface area contributed by atoms with E-state index in [-0.39, 0.29) is 36.5 Å². The summed E-state index contributed by atoms with van der Waals surface area (Å²) in [6.07, 6.45) is 4.79. The Bertz CT molecular complexity index is 2100. The van der Waals surface area contributed by atoms with Crippen LogP contribution in [0.2, 0.25) is 0 Å². The van der Waals surface area contributed by atoms with E-state index in [0.29, 0.717) is 41.4 Å². The number of thiophene rings is 1. The number of hydrogen-bond acceptors (Lipinski definition) is 8. The van der Waals surface area contributed by atoms with Crippen LogP contribution in [0.1, 0.15) is 18.7 Å². The summed E-state index contributed by atoms with van der Waals surface area (Å²) < 4.78 is 46.0. The third kappa shape index (κ3) is 5.03. The smallest absolute Gasteiger partial charge is 0.246 e. The SMILES string of the molecule is C=CC(=O)N1Cc2cc(-c3nc(-c4ccc5nncn5c4)c4ccsc4c3-c3c(F)cc(F)cc3OCCOC)nn2[C@@H](C)C1. The van der Waals surface area contributed by atoms with Gasteiger partial charge in [0.05, 0.1) is 36.1 Å². The number of halogens is 2. The minimum Gasteiger partial charge on any atom is -0.490 e. The maximum atomic E-state index is 16.0. The van der Waals surface area contributed by atoms with Crippen LogP contribution < -0.4 is 4.74 Å².